The lowest BCUT2D eigenvalue weighted by Gasteiger charge is -2.23. The fourth-order valence-electron chi connectivity index (χ4n) is 1.11. The second kappa shape index (κ2) is 9.30. The Hall–Kier alpha value is -0.670. The third kappa shape index (κ3) is 7.20. The minimum Gasteiger partial charge on any atom is -0.327 e. The van der Waals surface area contributed by atoms with Crippen LogP contribution >= 0.6 is 0 Å². The van der Waals surface area contributed by atoms with E-state index in [1.54, 1.807) is 6.08 Å². The number of alkyl halides is 4. The summed E-state index contributed by atoms with van der Waals surface area (Å²) in [5.41, 5.74) is 4.91. The van der Waals surface area contributed by atoms with Crippen LogP contribution in [-0.4, -0.2) is 30.7 Å². The molecule has 0 heterocycles. The van der Waals surface area contributed by atoms with Gasteiger partial charge in [-0.15, -0.1) is 6.58 Å². The summed E-state index contributed by atoms with van der Waals surface area (Å²) in [6, 6.07) is 0. The molecule has 0 saturated heterocycles. The summed E-state index contributed by atoms with van der Waals surface area (Å²) in [7, 11) is -6.09. The number of hydrogen-bond donors (Lipinski definition) is 2. The Morgan fingerprint density at radius 2 is 1.65 bits per heavy atom. The van der Waals surface area contributed by atoms with Gasteiger partial charge in [0.2, 0.25) is 0 Å². The van der Waals surface area contributed by atoms with E-state index in [1.807, 2.05) is 6.92 Å². The number of rotatable bonds is 8. The van der Waals surface area contributed by atoms with Gasteiger partial charge in [0.05, 0.1) is 0 Å². The second-order valence-corrected chi connectivity index (χ2v) is 5.49. The van der Waals surface area contributed by atoms with Gasteiger partial charge in [0.1, 0.15) is 0 Å². The molecule has 0 aliphatic carbocycles. The molecule has 0 radical (unpaired) electrons. The minimum atomic E-state index is -6.09. The predicted molar refractivity (Wildman–Crippen MR) is 69.5 cm³/mol. The van der Waals surface area contributed by atoms with Crippen molar-refractivity contribution < 1.29 is 30.5 Å². The van der Waals surface area contributed by atoms with Crippen molar-refractivity contribution in [2.45, 2.75) is 50.2 Å². The van der Waals surface area contributed by atoms with E-state index < -0.39 is 27.7 Å². The van der Waals surface area contributed by atoms with Crippen molar-refractivity contribution in [2.24, 2.45) is 5.73 Å². The van der Waals surface area contributed by atoms with E-state index in [9.17, 15) is 26.0 Å². The first-order chi connectivity index (χ1) is 8.97. The summed E-state index contributed by atoms with van der Waals surface area (Å²) in [4.78, 5) is 0. The van der Waals surface area contributed by atoms with E-state index in [1.165, 1.54) is 0 Å². The number of hydrogen-bond acceptors (Lipinski definition) is 3. The summed E-state index contributed by atoms with van der Waals surface area (Å²) in [6.45, 7) is 5.75. The van der Waals surface area contributed by atoms with E-state index in [2.05, 4.69) is 6.58 Å². The molecule has 0 aromatic heterocycles. The van der Waals surface area contributed by atoms with Crippen LogP contribution in [0.1, 0.15) is 39.0 Å². The standard InChI is InChI=1S/C8H14F4O3S.C3H7N/c1-2-3-4-5-6-7(9,10)8(11,12)16(13,14)15;1-2-3-4/h2-6H2,1H3,(H,13,14,15);2H,1,3-4H2. The summed E-state index contributed by atoms with van der Waals surface area (Å²) >= 11 is 0. The van der Waals surface area contributed by atoms with Gasteiger partial charge in [-0.25, -0.2) is 0 Å². The number of nitrogens with two attached hydrogens (primary N) is 1. The Labute approximate surface area is 116 Å². The van der Waals surface area contributed by atoms with Gasteiger partial charge in [-0.2, -0.15) is 26.0 Å². The lowest BCUT2D eigenvalue weighted by molar-refractivity contribution is -0.164. The molecule has 0 fully saturated rings. The molecule has 0 atom stereocenters. The molecule has 20 heavy (non-hydrogen) atoms. The van der Waals surface area contributed by atoms with Crippen LogP contribution in [-0.2, 0) is 10.1 Å². The fourth-order valence-corrected chi connectivity index (χ4v) is 1.59. The lowest BCUT2D eigenvalue weighted by atomic mass is 10.1. The zero-order chi connectivity index (χ0) is 16.4. The SMILES string of the molecule is C=CCN.CCCCCCC(F)(F)C(F)(F)S(=O)(=O)O. The highest BCUT2D eigenvalue weighted by atomic mass is 32.2. The molecular formula is C11H21F4NO3S. The third-order valence-electron chi connectivity index (χ3n) is 2.26. The van der Waals surface area contributed by atoms with Crippen LogP contribution in [0.25, 0.3) is 0 Å². The van der Waals surface area contributed by atoms with Crippen LogP contribution < -0.4 is 5.73 Å². The van der Waals surface area contributed by atoms with Gasteiger partial charge in [-0.3, -0.25) is 4.55 Å². The van der Waals surface area contributed by atoms with Crippen LogP contribution in [0.4, 0.5) is 17.6 Å². The van der Waals surface area contributed by atoms with Crippen molar-refractivity contribution >= 4 is 10.1 Å². The van der Waals surface area contributed by atoms with Crippen LogP contribution in [0.2, 0.25) is 0 Å². The molecular weight excluding hydrogens is 302 g/mol. The first kappa shape index (κ1) is 21.6. The fraction of sp³-hybridized carbons (Fsp3) is 0.818. The molecule has 4 nitrogen and oxygen atoms in total. The van der Waals surface area contributed by atoms with Gasteiger partial charge in [-0.1, -0.05) is 32.3 Å². The van der Waals surface area contributed by atoms with Crippen LogP contribution in [0.15, 0.2) is 12.7 Å². The Morgan fingerprint density at radius 1 is 1.20 bits per heavy atom. The normalized spacial score (nSPS) is 12.6. The average molecular weight is 323 g/mol. The van der Waals surface area contributed by atoms with Crippen molar-refractivity contribution in [2.75, 3.05) is 6.54 Å². The average Bonchev–Trinajstić information content (AvgIpc) is 2.33. The third-order valence-corrected chi connectivity index (χ3v) is 3.21. The quantitative estimate of drug-likeness (QED) is 0.311. The highest BCUT2D eigenvalue weighted by Crippen LogP contribution is 2.41. The van der Waals surface area contributed by atoms with E-state index in [0.29, 0.717) is 19.4 Å². The van der Waals surface area contributed by atoms with Gasteiger partial charge >= 0.3 is 21.3 Å². The molecule has 0 aromatic rings. The maximum absolute atomic E-state index is 12.8. The Balaban J connectivity index is 0. The summed E-state index contributed by atoms with van der Waals surface area (Å²) in [5, 5.41) is -5.42. The molecule has 0 rings (SSSR count). The van der Waals surface area contributed by atoms with Gasteiger partial charge in [-0.05, 0) is 6.42 Å². The molecule has 0 unspecified atom stereocenters. The molecule has 3 N–H and O–H groups in total. The molecule has 0 bridgehead atoms. The maximum Gasteiger partial charge on any atom is 0.431 e. The minimum absolute atomic E-state index is 0.216. The van der Waals surface area contributed by atoms with Crippen LogP contribution in [0.5, 0.6) is 0 Å². The highest BCUT2D eigenvalue weighted by molar-refractivity contribution is 7.87. The monoisotopic (exact) mass is 323 g/mol. The van der Waals surface area contributed by atoms with Crippen LogP contribution in [0, 0.1) is 0 Å². The van der Waals surface area contributed by atoms with E-state index >= 15 is 0 Å². The predicted octanol–water partition coefficient (Wildman–Crippen LogP) is 3.20. The van der Waals surface area contributed by atoms with Crippen molar-refractivity contribution in [1.82, 2.24) is 0 Å². The first-order valence-corrected chi connectivity index (χ1v) is 7.45. The van der Waals surface area contributed by atoms with E-state index in [0.717, 1.165) is 6.42 Å². The summed E-state index contributed by atoms with van der Waals surface area (Å²) in [5.74, 6) is -4.74. The van der Waals surface area contributed by atoms with Crippen molar-refractivity contribution in [3.63, 3.8) is 0 Å². The van der Waals surface area contributed by atoms with Crippen molar-refractivity contribution in [1.29, 1.82) is 0 Å². The first-order valence-electron chi connectivity index (χ1n) is 6.01. The van der Waals surface area contributed by atoms with Gasteiger partial charge in [0.15, 0.2) is 0 Å². The van der Waals surface area contributed by atoms with Crippen molar-refractivity contribution in [3.05, 3.63) is 12.7 Å². The molecule has 9 heteroatoms. The maximum atomic E-state index is 12.8. The Bertz CT molecular complexity index is 372. The number of unbranched alkanes of at least 4 members (excludes halogenated alkanes) is 3. The zero-order valence-corrected chi connectivity index (χ0v) is 12.1. The molecule has 122 valence electrons. The topological polar surface area (TPSA) is 80.4 Å². The molecule has 0 amide bonds. The smallest absolute Gasteiger partial charge is 0.327 e. The molecule has 0 aromatic carbocycles. The summed E-state index contributed by atoms with van der Waals surface area (Å²) in [6.07, 6.45) is 1.83. The molecule has 0 spiro atoms. The molecule has 0 aliphatic rings. The van der Waals surface area contributed by atoms with E-state index in [-0.39, 0.29) is 6.42 Å². The lowest BCUT2D eigenvalue weighted by Crippen LogP contribution is -2.46. The molecule has 0 saturated carbocycles. The van der Waals surface area contributed by atoms with Crippen LogP contribution in [0.3, 0.4) is 0 Å². The summed E-state index contributed by atoms with van der Waals surface area (Å²) < 4.78 is 79.2. The van der Waals surface area contributed by atoms with Gasteiger partial charge < -0.3 is 5.73 Å². The van der Waals surface area contributed by atoms with Crippen molar-refractivity contribution in [3.8, 4) is 0 Å². The Morgan fingerprint density at radius 3 is 1.95 bits per heavy atom. The number of halogens is 4. The Kier molecular flexibility index (Phi) is 10.1. The molecule has 0 aliphatic heterocycles. The van der Waals surface area contributed by atoms with Gasteiger partial charge in [0, 0.05) is 13.0 Å². The second-order valence-electron chi connectivity index (χ2n) is 4.03. The zero-order valence-electron chi connectivity index (χ0n) is 11.3. The van der Waals surface area contributed by atoms with E-state index in [4.69, 9.17) is 10.3 Å². The van der Waals surface area contributed by atoms with Gasteiger partial charge in [0.25, 0.3) is 0 Å². The largest absolute Gasteiger partial charge is 0.431 e. The highest BCUT2D eigenvalue weighted by Gasteiger charge is 2.64.